The van der Waals surface area contributed by atoms with Crippen molar-refractivity contribution >= 4 is 5.91 Å². The minimum absolute atomic E-state index is 0.0275. The molecule has 0 spiro atoms. The van der Waals surface area contributed by atoms with Crippen LogP contribution in [0.25, 0.3) is 0 Å². The lowest BCUT2D eigenvalue weighted by Crippen LogP contribution is -2.40. The summed E-state index contributed by atoms with van der Waals surface area (Å²) in [7, 11) is 0. The lowest BCUT2D eigenvalue weighted by Gasteiger charge is -2.16. The second-order valence-electron chi connectivity index (χ2n) is 6.11. The van der Waals surface area contributed by atoms with Gasteiger partial charge < -0.3 is 30.4 Å². The molecule has 2 aromatic rings. The number of nitrogens with two attached hydrogens (primary N) is 1. The summed E-state index contributed by atoms with van der Waals surface area (Å²) in [6.45, 7) is 2.23. The molecule has 0 bridgehead atoms. The number of hydrogen-bond donors (Lipinski definition) is 3. The monoisotopic (exact) mass is 358 g/mol. The number of aryl methyl sites for hydroxylation is 1. The second kappa shape index (κ2) is 8.07. The lowest BCUT2D eigenvalue weighted by molar-refractivity contribution is -0.123. The molecule has 1 aliphatic heterocycles. The summed E-state index contributed by atoms with van der Waals surface area (Å²) < 4.78 is 16.0. The molecule has 3 rings (SSSR count). The van der Waals surface area contributed by atoms with Gasteiger partial charge in [0.25, 0.3) is 0 Å². The third-order valence-corrected chi connectivity index (χ3v) is 4.02. The Kier molecular flexibility index (Phi) is 5.60. The smallest absolute Gasteiger partial charge is 0.241 e. The van der Waals surface area contributed by atoms with Gasteiger partial charge in [0.1, 0.15) is 24.5 Å². The topological polar surface area (TPSA) is 103 Å². The average molecular weight is 358 g/mol. The Morgan fingerprint density at radius 2 is 1.96 bits per heavy atom. The number of carbonyl (C=O) groups excluding carboxylic acids is 1. The zero-order valence-electron chi connectivity index (χ0n) is 14.5. The zero-order valence-corrected chi connectivity index (χ0v) is 14.5. The van der Waals surface area contributed by atoms with Crippen molar-refractivity contribution in [2.45, 2.75) is 19.1 Å². The number of ether oxygens (including phenoxy) is 3. The summed E-state index contributed by atoms with van der Waals surface area (Å²) in [6.07, 6.45) is -0.866. The van der Waals surface area contributed by atoms with Crippen LogP contribution in [-0.2, 0) is 4.79 Å². The predicted octanol–water partition coefficient (Wildman–Crippen LogP) is 1.28. The van der Waals surface area contributed by atoms with Crippen molar-refractivity contribution in [1.82, 2.24) is 5.32 Å². The van der Waals surface area contributed by atoms with Crippen LogP contribution in [0.3, 0.4) is 0 Å². The van der Waals surface area contributed by atoms with Crippen molar-refractivity contribution in [1.29, 1.82) is 0 Å². The van der Waals surface area contributed by atoms with E-state index in [0.717, 1.165) is 11.1 Å². The molecule has 7 heteroatoms. The van der Waals surface area contributed by atoms with Gasteiger partial charge in [-0.1, -0.05) is 29.8 Å². The molecule has 0 radical (unpaired) electrons. The van der Waals surface area contributed by atoms with E-state index in [-0.39, 0.29) is 25.9 Å². The molecule has 0 aromatic heterocycles. The van der Waals surface area contributed by atoms with E-state index < -0.39 is 12.1 Å². The molecule has 7 nitrogen and oxygen atoms in total. The zero-order chi connectivity index (χ0) is 18.5. The van der Waals surface area contributed by atoms with E-state index in [4.69, 9.17) is 19.9 Å². The number of nitrogens with one attached hydrogen (secondary N) is 1. The molecule has 138 valence electrons. The van der Waals surface area contributed by atoms with Gasteiger partial charge in [0.15, 0.2) is 11.5 Å². The van der Waals surface area contributed by atoms with E-state index >= 15 is 0 Å². The van der Waals surface area contributed by atoms with Gasteiger partial charge in [0.05, 0.1) is 0 Å². The van der Waals surface area contributed by atoms with Crippen molar-refractivity contribution < 1.29 is 24.1 Å². The number of benzene rings is 2. The van der Waals surface area contributed by atoms with Gasteiger partial charge >= 0.3 is 0 Å². The Morgan fingerprint density at radius 1 is 1.23 bits per heavy atom. The Morgan fingerprint density at radius 3 is 2.73 bits per heavy atom. The Balaban J connectivity index is 1.44. The minimum Gasteiger partial charge on any atom is -0.491 e. The van der Waals surface area contributed by atoms with Gasteiger partial charge in [-0.25, -0.2) is 0 Å². The second-order valence-corrected chi connectivity index (χ2v) is 6.11. The van der Waals surface area contributed by atoms with Gasteiger partial charge in [-0.05, 0) is 24.6 Å². The SMILES string of the molecule is Cc1ccc(C(N)C(=O)NCC(O)COc2ccc3c(c2)OCO3)cc1. The minimum atomic E-state index is -0.866. The number of amides is 1. The van der Waals surface area contributed by atoms with Gasteiger partial charge in [0, 0.05) is 12.6 Å². The van der Waals surface area contributed by atoms with Crippen LogP contribution in [-0.4, -0.2) is 37.1 Å². The van der Waals surface area contributed by atoms with Crippen LogP contribution in [0.5, 0.6) is 17.2 Å². The van der Waals surface area contributed by atoms with Crippen LogP contribution in [0, 0.1) is 6.92 Å². The first-order valence-electron chi connectivity index (χ1n) is 8.33. The summed E-state index contributed by atoms with van der Waals surface area (Å²) >= 11 is 0. The molecule has 1 aliphatic rings. The van der Waals surface area contributed by atoms with Crippen LogP contribution in [0.15, 0.2) is 42.5 Å². The quantitative estimate of drug-likeness (QED) is 0.689. The van der Waals surface area contributed by atoms with Gasteiger partial charge in [-0.2, -0.15) is 0 Å². The summed E-state index contributed by atoms with van der Waals surface area (Å²) in [6, 6.07) is 11.8. The number of aliphatic hydroxyl groups excluding tert-OH is 1. The number of hydrogen-bond acceptors (Lipinski definition) is 6. The van der Waals surface area contributed by atoms with Gasteiger partial charge in [-0.15, -0.1) is 0 Å². The standard InChI is InChI=1S/C19H22N2O5/c1-12-2-4-13(5-3-12)18(20)19(23)21-9-14(22)10-24-15-6-7-16-17(8-15)26-11-25-16/h2-8,14,18,22H,9-11,20H2,1H3,(H,21,23). The van der Waals surface area contributed by atoms with Crippen LogP contribution < -0.4 is 25.3 Å². The summed E-state index contributed by atoms with van der Waals surface area (Å²) in [5.41, 5.74) is 7.76. The van der Waals surface area contributed by atoms with E-state index in [9.17, 15) is 9.90 Å². The highest BCUT2D eigenvalue weighted by Gasteiger charge is 2.17. The Labute approximate surface area is 151 Å². The summed E-state index contributed by atoms with van der Waals surface area (Å²) in [4.78, 5) is 12.1. The largest absolute Gasteiger partial charge is 0.491 e. The fraction of sp³-hybridized carbons (Fsp3) is 0.316. The Bertz CT molecular complexity index is 763. The fourth-order valence-electron chi connectivity index (χ4n) is 2.47. The first-order valence-corrected chi connectivity index (χ1v) is 8.33. The summed E-state index contributed by atoms with van der Waals surface area (Å²) in [5, 5.41) is 12.6. The molecule has 1 heterocycles. The molecule has 0 aliphatic carbocycles. The van der Waals surface area contributed by atoms with Crippen LogP contribution in [0.4, 0.5) is 0 Å². The summed E-state index contributed by atoms with van der Waals surface area (Å²) in [5.74, 6) is 1.47. The number of carbonyl (C=O) groups is 1. The molecule has 26 heavy (non-hydrogen) atoms. The third-order valence-electron chi connectivity index (χ3n) is 4.02. The normalized spacial score (nSPS) is 14.6. The van der Waals surface area contributed by atoms with Crippen molar-refractivity contribution in [3.8, 4) is 17.2 Å². The van der Waals surface area contributed by atoms with Crippen molar-refractivity contribution in [3.63, 3.8) is 0 Å². The molecular weight excluding hydrogens is 336 g/mol. The Hall–Kier alpha value is -2.77. The number of fused-ring (bicyclic) bond motifs is 1. The molecule has 1 amide bonds. The molecular formula is C19H22N2O5. The van der Waals surface area contributed by atoms with E-state index in [1.54, 1.807) is 18.2 Å². The van der Waals surface area contributed by atoms with Crippen LogP contribution in [0.2, 0.25) is 0 Å². The fourth-order valence-corrected chi connectivity index (χ4v) is 2.47. The molecule has 2 aromatic carbocycles. The van der Waals surface area contributed by atoms with Gasteiger partial charge in [0.2, 0.25) is 12.7 Å². The maximum absolute atomic E-state index is 12.1. The molecule has 0 saturated heterocycles. The molecule has 0 saturated carbocycles. The highest BCUT2D eigenvalue weighted by Crippen LogP contribution is 2.35. The van der Waals surface area contributed by atoms with E-state index in [0.29, 0.717) is 17.2 Å². The predicted molar refractivity (Wildman–Crippen MR) is 95.2 cm³/mol. The van der Waals surface area contributed by atoms with Crippen molar-refractivity contribution in [2.24, 2.45) is 5.73 Å². The average Bonchev–Trinajstić information content (AvgIpc) is 3.12. The van der Waals surface area contributed by atoms with Crippen LogP contribution >= 0.6 is 0 Å². The van der Waals surface area contributed by atoms with Crippen molar-refractivity contribution in [2.75, 3.05) is 19.9 Å². The lowest BCUT2D eigenvalue weighted by atomic mass is 10.1. The molecule has 2 unspecified atom stereocenters. The maximum atomic E-state index is 12.1. The highest BCUT2D eigenvalue weighted by atomic mass is 16.7. The molecule has 0 fully saturated rings. The van der Waals surface area contributed by atoms with Gasteiger partial charge in [-0.3, -0.25) is 4.79 Å². The van der Waals surface area contributed by atoms with Crippen LogP contribution in [0.1, 0.15) is 17.2 Å². The van der Waals surface area contributed by atoms with E-state index in [2.05, 4.69) is 5.32 Å². The first-order chi connectivity index (χ1) is 12.5. The van der Waals surface area contributed by atoms with E-state index in [1.807, 2.05) is 31.2 Å². The third kappa shape index (κ3) is 4.44. The maximum Gasteiger partial charge on any atom is 0.241 e. The molecule has 4 N–H and O–H groups in total. The first kappa shape index (κ1) is 18.0. The van der Waals surface area contributed by atoms with Crippen molar-refractivity contribution in [3.05, 3.63) is 53.6 Å². The molecule has 2 atom stereocenters. The number of aliphatic hydroxyl groups is 1. The highest BCUT2D eigenvalue weighted by molar-refractivity contribution is 5.82. The number of rotatable bonds is 7. The van der Waals surface area contributed by atoms with E-state index in [1.165, 1.54) is 0 Å².